The van der Waals surface area contributed by atoms with Crippen LogP contribution in [0.2, 0.25) is 0 Å². The van der Waals surface area contributed by atoms with Gasteiger partial charge in [-0.2, -0.15) is 5.10 Å². The van der Waals surface area contributed by atoms with Gasteiger partial charge in [-0.15, -0.1) is 0 Å². The molecule has 0 spiro atoms. The van der Waals surface area contributed by atoms with Gasteiger partial charge in [-0.3, -0.25) is 4.68 Å². The lowest BCUT2D eigenvalue weighted by Gasteiger charge is -2.19. The molecule has 1 N–H and O–H groups in total. The maximum atomic E-state index is 13.6. The van der Waals surface area contributed by atoms with E-state index in [1.54, 1.807) is 16.8 Å². The molecule has 0 unspecified atom stereocenters. The summed E-state index contributed by atoms with van der Waals surface area (Å²) in [6, 6.07) is 5.10. The molecule has 4 nitrogen and oxygen atoms in total. The van der Waals surface area contributed by atoms with Gasteiger partial charge >= 0.3 is 0 Å². The van der Waals surface area contributed by atoms with E-state index in [0.29, 0.717) is 13.1 Å². The predicted octanol–water partition coefficient (Wildman–Crippen LogP) is 1.92. The van der Waals surface area contributed by atoms with E-state index in [2.05, 4.69) is 10.4 Å². The minimum atomic E-state index is -0.208. The molecule has 2 rings (SSSR count). The van der Waals surface area contributed by atoms with Crippen molar-refractivity contribution in [3.63, 3.8) is 0 Å². The summed E-state index contributed by atoms with van der Waals surface area (Å²) < 4.78 is 15.3. The van der Waals surface area contributed by atoms with Gasteiger partial charge in [0.2, 0.25) is 0 Å². The highest BCUT2D eigenvalue weighted by molar-refractivity contribution is 5.48. The Morgan fingerprint density at radius 3 is 2.74 bits per heavy atom. The fourth-order valence-electron chi connectivity index (χ4n) is 2.08. The lowest BCUT2D eigenvalue weighted by atomic mass is 10.1. The topological polar surface area (TPSA) is 33.1 Å². The van der Waals surface area contributed by atoms with Gasteiger partial charge in [-0.1, -0.05) is 0 Å². The predicted molar refractivity (Wildman–Crippen MR) is 74.5 cm³/mol. The maximum absolute atomic E-state index is 13.6. The number of anilines is 1. The summed E-state index contributed by atoms with van der Waals surface area (Å²) in [6.45, 7) is 1.36. The first-order valence-electron chi connectivity index (χ1n) is 6.21. The molecule has 1 aromatic heterocycles. The van der Waals surface area contributed by atoms with E-state index in [0.717, 1.165) is 16.8 Å². The van der Waals surface area contributed by atoms with Crippen molar-refractivity contribution in [3.05, 3.63) is 47.5 Å². The van der Waals surface area contributed by atoms with Crippen molar-refractivity contribution in [2.45, 2.75) is 13.1 Å². The first-order chi connectivity index (χ1) is 9.08. The second kappa shape index (κ2) is 5.84. The molecular formula is C14H19FN4. The molecule has 0 saturated heterocycles. The molecule has 5 heteroatoms. The van der Waals surface area contributed by atoms with Gasteiger partial charge in [0.1, 0.15) is 5.82 Å². The summed E-state index contributed by atoms with van der Waals surface area (Å²) in [5, 5.41) is 7.17. The molecule has 0 aliphatic carbocycles. The van der Waals surface area contributed by atoms with Crippen LogP contribution >= 0.6 is 0 Å². The van der Waals surface area contributed by atoms with Crippen LogP contribution in [-0.2, 0) is 20.1 Å². The molecule has 1 aromatic carbocycles. The average Bonchev–Trinajstić information content (AvgIpc) is 2.74. The zero-order valence-electron chi connectivity index (χ0n) is 11.5. The second-order valence-corrected chi connectivity index (χ2v) is 4.73. The molecule has 1 heterocycles. The molecule has 2 aromatic rings. The van der Waals surface area contributed by atoms with E-state index in [9.17, 15) is 4.39 Å². The second-order valence-electron chi connectivity index (χ2n) is 4.73. The average molecular weight is 262 g/mol. The number of aromatic nitrogens is 2. The number of halogens is 1. The summed E-state index contributed by atoms with van der Waals surface area (Å²) in [6.07, 6.45) is 3.79. The highest BCUT2D eigenvalue weighted by Crippen LogP contribution is 2.19. The highest BCUT2D eigenvalue weighted by Gasteiger charge is 2.07. The Balaban J connectivity index is 2.15. The molecule has 0 aliphatic rings. The summed E-state index contributed by atoms with van der Waals surface area (Å²) >= 11 is 0. The van der Waals surface area contributed by atoms with Gasteiger partial charge in [0.05, 0.1) is 6.20 Å². The Hall–Kier alpha value is -1.88. The maximum Gasteiger partial charge on any atom is 0.125 e. The van der Waals surface area contributed by atoms with E-state index in [-0.39, 0.29) is 5.82 Å². The Morgan fingerprint density at radius 1 is 1.32 bits per heavy atom. The monoisotopic (exact) mass is 262 g/mol. The lowest BCUT2D eigenvalue weighted by Crippen LogP contribution is -2.17. The Labute approximate surface area is 112 Å². The van der Waals surface area contributed by atoms with Gasteiger partial charge < -0.3 is 10.2 Å². The molecule has 0 aliphatic heterocycles. The van der Waals surface area contributed by atoms with E-state index in [1.807, 2.05) is 44.5 Å². The number of nitrogens with one attached hydrogen (secondary N) is 1. The number of aryl methyl sites for hydroxylation is 1. The summed E-state index contributed by atoms with van der Waals surface area (Å²) in [4.78, 5) is 2.01. The number of nitrogens with zero attached hydrogens (tertiary/aromatic N) is 3. The fourth-order valence-corrected chi connectivity index (χ4v) is 2.08. The zero-order valence-corrected chi connectivity index (χ0v) is 11.5. The Kier molecular flexibility index (Phi) is 4.16. The molecule has 0 atom stereocenters. The van der Waals surface area contributed by atoms with Gasteiger partial charge in [0.15, 0.2) is 0 Å². The third-order valence-corrected chi connectivity index (χ3v) is 2.94. The van der Waals surface area contributed by atoms with Crippen LogP contribution < -0.4 is 10.2 Å². The number of hydrogen-bond donors (Lipinski definition) is 1. The van der Waals surface area contributed by atoms with Crippen LogP contribution in [0.4, 0.5) is 10.1 Å². The van der Waals surface area contributed by atoms with Crippen molar-refractivity contribution in [2.75, 3.05) is 19.0 Å². The standard InChI is InChI=1S/C14H19FN4/c1-16-7-11-4-13(15)6-14(5-11)18(2)9-12-8-17-19(3)10-12/h4-6,8,10,16H,7,9H2,1-3H3. The van der Waals surface area contributed by atoms with Crippen molar-refractivity contribution in [2.24, 2.45) is 7.05 Å². The summed E-state index contributed by atoms with van der Waals surface area (Å²) in [7, 11) is 5.69. The third kappa shape index (κ3) is 3.54. The smallest absolute Gasteiger partial charge is 0.125 e. The van der Waals surface area contributed by atoms with Crippen molar-refractivity contribution < 1.29 is 4.39 Å². The quantitative estimate of drug-likeness (QED) is 0.893. The fraction of sp³-hybridized carbons (Fsp3) is 0.357. The van der Waals surface area contributed by atoms with E-state index in [1.165, 1.54) is 0 Å². The molecule has 19 heavy (non-hydrogen) atoms. The minimum absolute atomic E-state index is 0.208. The van der Waals surface area contributed by atoms with Gasteiger partial charge in [0, 0.05) is 44.6 Å². The SMILES string of the molecule is CNCc1cc(F)cc(N(C)Cc2cnn(C)c2)c1. The van der Waals surface area contributed by atoms with Crippen LogP contribution in [0.3, 0.4) is 0 Å². The molecule has 0 radical (unpaired) electrons. The van der Waals surface area contributed by atoms with Gasteiger partial charge in [-0.05, 0) is 30.8 Å². The van der Waals surface area contributed by atoms with E-state index in [4.69, 9.17) is 0 Å². The van der Waals surface area contributed by atoms with Crippen molar-refractivity contribution in [1.82, 2.24) is 15.1 Å². The van der Waals surface area contributed by atoms with Crippen LogP contribution in [-0.4, -0.2) is 23.9 Å². The normalized spacial score (nSPS) is 10.7. The largest absolute Gasteiger partial charge is 0.370 e. The Morgan fingerprint density at radius 2 is 2.11 bits per heavy atom. The molecule has 0 amide bonds. The first-order valence-corrected chi connectivity index (χ1v) is 6.21. The molecule has 0 bridgehead atoms. The van der Waals surface area contributed by atoms with Crippen LogP contribution in [0.1, 0.15) is 11.1 Å². The molecule has 0 fully saturated rings. The van der Waals surface area contributed by atoms with Gasteiger partial charge in [-0.25, -0.2) is 4.39 Å². The van der Waals surface area contributed by atoms with Crippen molar-refractivity contribution >= 4 is 5.69 Å². The molecule has 0 saturated carbocycles. The Bertz CT molecular complexity index is 550. The highest BCUT2D eigenvalue weighted by atomic mass is 19.1. The number of hydrogen-bond acceptors (Lipinski definition) is 3. The number of benzene rings is 1. The molecular weight excluding hydrogens is 243 g/mol. The third-order valence-electron chi connectivity index (χ3n) is 2.94. The van der Waals surface area contributed by atoms with Crippen LogP contribution in [0.5, 0.6) is 0 Å². The van der Waals surface area contributed by atoms with Crippen LogP contribution in [0, 0.1) is 5.82 Å². The van der Waals surface area contributed by atoms with Crippen molar-refractivity contribution in [3.8, 4) is 0 Å². The van der Waals surface area contributed by atoms with Crippen LogP contribution in [0.25, 0.3) is 0 Å². The van der Waals surface area contributed by atoms with E-state index < -0.39 is 0 Å². The van der Waals surface area contributed by atoms with Crippen LogP contribution in [0.15, 0.2) is 30.6 Å². The zero-order chi connectivity index (χ0) is 13.8. The van der Waals surface area contributed by atoms with Crippen molar-refractivity contribution in [1.29, 1.82) is 0 Å². The number of rotatable bonds is 5. The lowest BCUT2D eigenvalue weighted by molar-refractivity contribution is 0.623. The summed E-state index contributed by atoms with van der Waals surface area (Å²) in [5.74, 6) is -0.208. The van der Waals surface area contributed by atoms with Gasteiger partial charge in [0.25, 0.3) is 0 Å². The summed E-state index contributed by atoms with van der Waals surface area (Å²) in [5.41, 5.74) is 2.91. The van der Waals surface area contributed by atoms with E-state index >= 15 is 0 Å². The first kappa shape index (κ1) is 13.5. The molecule has 102 valence electrons. The minimum Gasteiger partial charge on any atom is -0.370 e.